The van der Waals surface area contributed by atoms with Crippen molar-refractivity contribution in [3.8, 4) is 11.5 Å². The van der Waals surface area contributed by atoms with Crippen molar-refractivity contribution in [2.75, 3.05) is 19.0 Å². The van der Waals surface area contributed by atoms with Crippen LogP contribution in [0.15, 0.2) is 71.8 Å². The van der Waals surface area contributed by atoms with Gasteiger partial charge >= 0.3 is 0 Å². The number of carbonyl (C=O) groups excluding carboxylic acids is 1. The van der Waals surface area contributed by atoms with Crippen LogP contribution in [0.25, 0.3) is 10.9 Å². The number of ether oxygens (including phenoxy) is 2. The molecule has 0 aliphatic rings. The molecule has 0 aliphatic heterocycles. The number of carbonyl (C=O) groups is 1. The number of benzene rings is 3. The van der Waals surface area contributed by atoms with E-state index in [-0.39, 0.29) is 18.1 Å². The summed E-state index contributed by atoms with van der Waals surface area (Å²) in [6, 6.07) is 14.6. The van der Waals surface area contributed by atoms with Crippen molar-refractivity contribution in [3.63, 3.8) is 0 Å². The van der Waals surface area contributed by atoms with Crippen LogP contribution < -0.4 is 20.3 Å². The fourth-order valence-corrected chi connectivity index (χ4v) is 5.18. The second-order valence-corrected chi connectivity index (χ2v) is 12.5. The Hall–Kier alpha value is -3.02. The molecule has 0 saturated heterocycles. The highest BCUT2D eigenvalue weighted by Crippen LogP contribution is 2.42. The smallest absolute Gasteiger partial charge is 0.282 e. The van der Waals surface area contributed by atoms with Gasteiger partial charge in [-0.15, -0.1) is 0 Å². The van der Waals surface area contributed by atoms with Gasteiger partial charge in [-0.2, -0.15) is 9.78 Å². The molecule has 8 nitrogen and oxygen atoms in total. The van der Waals surface area contributed by atoms with Crippen molar-refractivity contribution in [3.05, 3.63) is 89.3 Å². The predicted octanol–water partition coefficient (Wildman–Crippen LogP) is 7.20. The molecule has 1 heterocycles. The van der Waals surface area contributed by atoms with Gasteiger partial charge < -0.3 is 14.8 Å². The molecule has 0 radical (unpaired) electrons. The maximum atomic E-state index is 13.5. The largest absolute Gasteiger partial charge is 0.493 e. The highest BCUT2D eigenvalue weighted by Gasteiger charge is 2.23. The third kappa shape index (κ3) is 6.47. The standard InChI is InChI=1S/C29H27Br3N4O4/c1-16-8-6-7-9-20(16)34-23(37)15-40-26-22(39-5)12-17(24(31)25(26)32)14-33-36-27(38)19-13-18(30)10-11-21(19)35-28(36)29(2,3)4/h6-14H,15H2,1-5H3,(H,34,37). The molecule has 4 rings (SSSR count). The van der Waals surface area contributed by atoms with E-state index < -0.39 is 5.41 Å². The average Bonchev–Trinajstić information content (AvgIpc) is 2.90. The van der Waals surface area contributed by atoms with Crippen LogP contribution in [0.4, 0.5) is 5.69 Å². The molecule has 0 fully saturated rings. The Balaban J connectivity index is 1.67. The third-order valence-electron chi connectivity index (χ3n) is 5.93. The second-order valence-electron chi connectivity index (χ2n) is 9.99. The Bertz CT molecular complexity index is 1690. The molecule has 0 atom stereocenters. The van der Waals surface area contributed by atoms with Crippen molar-refractivity contribution in [2.45, 2.75) is 33.1 Å². The summed E-state index contributed by atoms with van der Waals surface area (Å²) in [5.74, 6) is 0.931. The third-order valence-corrected chi connectivity index (χ3v) is 8.57. The molecule has 0 spiro atoms. The molecule has 1 amide bonds. The van der Waals surface area contributed by atoms with Gasteiger partial charge in [-0.05, 0) is 74.7 Å². The lowest BCUT2D eigenvalue weighted by molar-refractivity contribution is -0.118. The van der Waals surface area contributed by atoms with Gasteiger partial charge in [-0.3, -0.25) is 9.59 Å². The number of anilines is 1. The van der Waals surface area contributed by atoms with Gasteiger partial charge in [0.15, 0.2) is 18.1 Å². The van der Waals surface area contributed by atoms with Gasteiger partial charge in [0, 0.05) is 25.6 Å². The molecule has 0 unspecified atom stereocenters. The number of hydrogen-bond donors (Lipinski definition) is 1. The van der Waals surface area contributed by atoms with Gasteiger partial charge in [-0.25, -0.2) is 4.98 Å². The molecule has 208 valence electrons. The van der Waals surface area contributed by atoms with Crippen molar-refractivity contribution < 1.29 is 14.3 Å². The second kappa shape index (κ2) is 12.2. The Morgan fingerprint density at radius 1 is 1.10 bits per heavy atom. The molecular formula is C29H27Br3N4O4. The first-order chi connectivity index (χ1) is 18.9. The van der Waals surface area contributed by atoms with E-state index >= 15 is 0 Å². The number of halogens is 3. The highest BCUT2D eigenvalue weighted by molar-refractivity contribution is 9.13. The summed E-state index contributed by atoms with van der Waals surface area (Å²) in [5.41, 5.74) is 2.14. The zero-order chi connectivity index (χ0) is 29.2. The minimum absolute atomic E-state index is 0.230. The molecule has 4 aromatic rings. The van der Waals surface area contributed by atoms with Crippen LogP contribution >= 0.6 is 47.8 Å². The number of hydrogen-bond acceptors (Lipinski definition) is 6. The van der Waals surface area contributed by atoms with Gasteiger partial charge in [0.25, 0.3) is 11.5 Å². The number of nitrogens with one attached hydrogen (secondary N) is 1. The summed E-state index contributed by atoms with van der Waals surface area (Å²) >= 11 is 10.6. The van der Waals surface area contributed by atoms with Crippen LogP contribution in [-0.2, 0) is 10.2 Å². The first kappa shape index (κ1) is 30.0. The van der Waals surface area contributed by atoms with Crippen LogP contribution in [0, 0.1) is 6.92 Å². The summed E-state index contributed by atoms with van der Waals surface area (Å²) in [7, 11) is 1.50. The van der Waals surface area contributed by atoms with E-state index in [1.165, 1.54) is 11.8 Å². The number of nitrogens with zero attached hydrogens (tertiary/aromatic N) is 3. The Morgan fingerprint density at radius 3 is 2.50 bits per heavy atom. The number of methoxy groups -OCH3 is 1. The molecule has 0 bridgehead atoms. The van der Waals surface area contributed by atoms with Gasteiger partial charge in [0.05, 0.1) is 28.7 Å². The zero-order valence-electron chi connectivity index (χ0n) is 22.5. The van der Waals surface area contributed by atoms with Crippen LogP contribution in [-0.4, -0.2) is 35.5 Å². The number of aromatic nitrogens is 2. The van der Waals surface area contributed by atoms with Crippen LogP contribution in [0.1, 0.15) is 37.7 Å². The minimum atomic E-state index is -0.455. The Kier molecular flexibility index (Phi) is 9.16. The molecule has 0 aliphatic carbocycles. The fraction of sp³-hybridized carbons (Fsp3) is 0.241. The SMILES string of the molecule is COc1cc(C=Nn2c(C(C)(C)C)nc3ccc(Br)cc3c2=O)c(Br)c(Br)c1OCC(=O)Nc1ccccc1C. The maximum Gasteiger partial charge on any atom is 0.282 e. The summed E-state index contributed by atoms with van der Waals surface area (Å²) < 4.78 is 14.6. The monoisotopic (exact) mass is 732 g/mol. The van der Waals surface area contributed by atoms with E-state index in [0.29, 0.717) is 42.7 Å². The lowest BCUT2D eigenvalue weighted by atomic mass is 9.95. The van der Waals surface area contributed by atoms with Crippen molar-refractivity contribution >= 4 is 76.5 Å². The first-order valence-corrected chi connectivity index (χ1v) is 14.6. The van der Waals surface area contributed by atoms with E-state index in [0.717, 1.165) is 15.7 Å². The number of fused-ring (bicyclic) bond motifs is 1. The lowest BCUT2D eigenvalue weighted by Gasteiger charge is -2.21. The highest BCUT2D eigenvalue weighted by atomic mass is 79.9. The lowest BCUT2D eigenvalue weighted by Crippen LogP contribution is -2.29. The molecule has 0 saturated carbocycles. The number of rotatable bonds is 7. The van der Waals surface area contributed by atoms with Crippen LogP contribution in [0.3, 0.4) is 0 Å². The number of amides is 1. The van der Waals surface area contributed by atoms with E-state index in [1.807, 2.05) is 64.1 Å². The number of para-hydroxylation sites is 1. The maximum absolute atomic E-state index is 13.5. The van der Waals surface area contributed by atoms with E-state index in [2.05, 4.69) is 58.2 Å². The summed E-state index contributed by atoms with van der Waals surface area (Å²) in [6.07, 6.45) is 1.55. The van der Waals surface area contributed by atoms with Crippen LogP contribution in [0.5, 0.6) is 11.5 Å². The molecule has 1 aromatic heterocycles. The average molecular weight is 735 g/mol. The van der Waals surface area contributed by atoms with Gasteiger partial charge in [0.1, 0.15) is 5.82 Å². The Morgan fingerprint density at radius 2 is 1.82 bits per heavy atom. The minimum Gasteiger partial charge on any atom is -0.493 e. The van der Waals surface area contributed by atoms with Gasteiger partial charge in [-0.1, -0.05) is 54.9 Å². The van der Waals surface area contributed by atoms with Crippen LogP contribution in [0.2, 0.25) is 0 Å². The molecular weight excluding hydrogens is 708 g/mol. The quantitative estimate of drug-likeness (QED) is 0.203. The molecule has 40 heavy (non-hydrogen) atoms. The predicted molar refractivity (Wildman–Crippen MR) is 169 cm³/mol. The Labute approximate surface area is 257 Å². The number of aryl methyl sites for hydroxylation is 1. The summed E-state index contributed by atoms with van der Waals surface area (Å²) in [4.78, 5) is 30.8. The topological polar surface area (TPSA) is 94.8 Å². The summed E-state index contributed by atoms with van der Waals surface area (Å²) in [6.45, 7) is 7.61. The molecule has 11 heteroatoms. The van der Waals surface area contributed by atoms with Crippen molar-refractivity contribution in [1.82, 2.24) is 9.66 Å². The molecule has 3 aromatic carbocycles. The van der Waals surface area contributed by atoms with Crippen molar-refractivity contribution in [2.24, 2.45) is 5.10 Å². The molecule has 1 N–H and O–H groups in total. The summed E-state index contributed by atoms with van der Waals surface area (Å²) in [5, 5.41) is 7.84. The van der Waals surface area contributed by atoms with E-state index in [9.17, 15) is 9.59 Å². The van der Waals surface area contributed by atoms with Gasteiger partial charge in [0.2, 0.25) is 0 Å². The van der Waals surface area contributed by atoms with E-state index in [4.69, 9.17) is 14.5 Å². The zero-order valence-corrected chi connectivity index (χ0v) is 27.3. The first-order valence-electron chi connectivity index (χ1n) is 12.2. The fourth-order valence-electron chi connectivity index (χ4n) is 3.88. The normalized spacial score (nSPS) is 11.7. The van der Waals surface area contributed by atoms with E-state index in [1.54, 1.807) is 18.3 Å². The van der Waals surface area contributed by atoms with Crippen molar-refractivity contribution in [1.29, 1.82) is 0 Å².